The van der Waals surface area contributed by atoms with Crippen molar-refractivity contribution in [3.8, 4) is 0 Å². The molecule has 3 aliphatic rings. The van der Waals surface area contributed by atoms with Crippen LogP contribution in [0.2, 0.25) is 0 Å². The van der Waals surface area contributed by atoms with E-state index in [9.17, 15) is 4.79 Å². The van der Waals surface area contributed by atoms with Crippen molar-refractivity contribution in [1.29, 1.82) is 0 Å². The zero-order valence-corrected chi connectivity index (χ0v) is 20.3. The van der Waals surface area contributed by atoms with Crippen molar-refractivity contribution in [2.75, 3.05) is 20.2 Å². The second-order valence-electron chi connectivity index (χ2n) is 10.4. The quantitative estimate of drug-likeness (QED) is 0.627. The van der Waals surface area contributed by atoms with Gasteiger partial charge >= 0.3 is 0 Å². The van der Waals surface area contributed by atoms with Gasteiger partial charge in [0.25, 0.3) is 0 Å². The standard InChI is InChI=1S/C28H39N3O2/c1-4-12-30-17-19-15-26-24(23-10-7-11-25(30)27(19)23)14-20(18-31(26)13-5-2)28(32)29-21-8-6-9-22(16-21)33-3/h5,7,10-11,17,20-22,24,26H,2,4,6,8-9,12-16,18H2,1,3H3,(H,29,32)/t20?,21?,22?,24-,26-/m1/s1. The molecule has 33 heavy (non-hydrogen) atoms. The average molecular weight is 450 g/mol. The Morgan fingerprint density at radius 2 is 2.18 bits per heavy atom. The zero-order chi connectivity index (χ0) is 22.9. The highest BCUT2D eigenvalue weighted by Crippen LogP contribution is 2.45. The largest absolute Gasteiger partial charge is 0.381 e. The number of carbonyl (C=O) groups is 1. The first-order valence-corrected chi connectivity index (χ1v) is 12.9. The molecule has 1 N–H and O–H groups in total. The van der Waals surface area contributed by atoms with Crippen LogP contribution in [-0.4, -0.2) is 53.8 Å². The van der Waals surface area contributed by atoms with E-state index >= 15 is 0 Å². The molecule has 1 aromatic heterocycles. The predicted molar refractivity (Wildman–Crippen MR) is 134 cm³/mol. The summed E-state index contributed by atoms with van der Waals surface area (Å²) >= 11 is 0. The van der Waals surface area contributed by atoms with Crippen molar-refractivity contribution < 1.29 is 9.53 Å². The van der Waals surface area contributed by atoms with Gasteiger partial charge in [-0.15, -0.1) is 6.58 Å². The summed E-state index contributed by atoms with van der Waals surface area (Å²) in [6.45, 7) is 8.98. The number of amides is 1. The second-order valence-corrected chi connectivity index (χ2v) is 10.4. The van der Waals surface area contributed by atoms with Crippen molar-refractivity contribution in [3.05, 3.63) is 48.2 Å². The molecule has 178 valence electrons. The van der Waals surface area contributed by atoms with E-state index < -0.39 is 0 Å². The Bertz CT molecular complexity index is 1010. The first kappa shape index (κ1) is 22.7. The highest BCUT2D eigenvalue weighted by atomic mass is 16.5. The molecule has 5 atom stereocenters. The van der Waals surface area contributed by atoms with Crippen molar-refractivity contribution >= 4 is 16.8 Å². The van der Waals surface area contributed by atoms with Crippen molar-refractivity contribution in [2.24, 2.45) is 5.92 Å². The smallest absolute Gasteiger partial charge is 0.224 e. The van der Waals surface area contributed by atoms with Crippen LogP contribution in [0.5, 0.6) is 0 Å². The summed E-state index contributed by atoms with van der Waals surface area (Å²) < 4.78 is 8.01. The number of methoxy groups -OCH3 is 1. The minimum atomic E-state index is 0.0173. The number of piperidine rings is 1. The Morgan fingerprint density at radius 3 is 2.97 bits per heavy atom. The molecule has 5 heteroatoms. The van der Waals surface area contributed by atoms with Crippen LogP contribution in [0, 0.1) is 5.92 Å². The number of rotatable bonds is 7. The summed E-state index contributed by atoms with van der Waals surface area (Å²) in [5, 5.41) is 4.85. The molecule has 2 fully saturated rings. The van der Waals surface area contributed by atoms with Crippen molar-refractivity contribution in [2.45, 2.75) is 82.5 Å². The molecule has 1 amide bonds. The number of benzene rings is 1. The Hall–Kier alpha value is -2.11. The number of nitrogens with one attached hydrogen (secondary N) is 1. The summed E-state index contributed by atoms with van der Waals surface area (Å²) in [7, 11) is 1.79. The molecule has 3 unspecified atom stereocenters. The number of ether oxygens (including phenoxy) is 1. The molecule has 2 aliphatic carbocycles. The monoisotopic (exact) mass is 449 g/mol. The number of fused-ring (bicyclic) bond motifs is 2. The van der Waals surface area contributed by atoms with Gasteiger partial charge in [0.15, 0.2) is 0 Å². The lowest BCUT2D eigenvalue weighted by molar-refractivity contribution is -0.128. The minimum Gasteiger partial charge on any atom is -0.381 e. The molecule has 1 aliphatic heterocycles. The first-order chi connectivity index (χ1) is 16.1. The van der Waals surface area contributed by atoms with Crippen LogP contribution in [0.15, 0.2) is 37.1 Å². The van der Waals surface area contributed by atoms with Gasteiger partial charge in [0.2, 0.25) is 5.91 Å². The summed E-state index contributed by atoms with van der Waals surface area (Å²) in [6.07, 6.45) is 12.0. The Kier molecular flexibility index (Phi) is 6.62. The average Bonchev–Trinajstić information content (AvgIpc) is 3.18. The van der Waals surface area contributed by atoms with E-state index in [1.165, 1.54) is 22.0 Å². The Labute approximate surface area is 198 Å². The van der Waals surface area contributed by atoms with E-state index in [1.54, 1.807) is 7.11 Å². The van der Waals surface area contributed by atoms with Crippen molar-refractivity contribution in [1.82, 2.24) is 14.8 Å². The molecule has 0 spiro atoms. The fourth-order valence-corrected chi connectivity index (χ4v) is 6.78. The lowest BCUT2D eigenvalue weighted by Crippen LogP contribution is -2.54. The summed E-state index contributed by atoms with van der Waals surface area (Å²) in [5.41, 5.74) is 4.27. The number of likely N-dealkylation sites (tertiary alicyclic amines) is 1. The van der Waals surface area contributed by atoms with Gasteiger partial charge in [0.1, 0.15) is 0 Å². The molecule has 0 bridgehead atoms. The van der Waals surface area contributed by atoms with Gasteiger partial charge in [0, 0.05) is 61.8 Å². The lowest BCUT2D eigenvalue weighted by atomic mass is 9.72. The topological polar surface area (TPSA) is 46.5 Å². The van der Waals surface area contributed by atoms with E-state index in [0.29, 0.717) is 12.0 Å². The van der Waals surface area contributed by atoms with Crippen LogP contribution in [0.1, 0.15) is 62.5 Å². The van der Waals surface area contributed by atoms with Crippen LogP contribution < -0.4 is 5.32 Å². The van der Waals surface area contributed by atoms with Crippen molar-refractivity contribution in [3.63, 3.8) is 0 Å². The highest BCUT2D eigenvalue weighted by Gasteiger charge is 2.43. The van der Waals surface area contributed by atoms with Crippen LogP contribution in [-0.2, 0) is 22.5 Å². The maximum absolute atomic E-state index is 13.5. The van der Waals surface area contributed by atoms with Crippen LogP contribution >= 0.6 is 0 Å². The number of carbonyl (C=O) groups excluding carboxylic acids is 1. The van der Waals surface area contributed by atoms with E-state index in [2.05, 4.69) is 52.7 Å². The Morgan fingerprint density at radius 1 is 1.30 bits per heavy atom. The molecule has 2 aromatic rings. The first-order valence-electron chi connectivity index (χ1n) is 12.9. The zero-order valence-electron chi connectivity index (χ0n) is 20.3. The molecule has 1 saturated carbocycles. The van der Waals surface area contributed by atoms with E-state index in [4.69, 9.17) is 4.74 Å². The minimum absolute atomic E-state index is 0.0173. The molecule has 5 nitrogen and oxygen atoms in total. The highest BCUT2D eigenvalue weighted by molar-refractivity contribution is 5.89. The molecular weight excluding hydrogens is 410 g/mol. The molecular formula is C28H39N3O2. The maximum atomic E-state index is 13.5. The molecule has 0 radical (unpaired) electrons. The third kappa shape index (κ3) is 4.26. The van der Waals surface area contributed by atoms with Gasteiger partial charge in [-0.25, -0.2) is 0 Å². The normalized spacial score (nSPS) is 29.6. The summed E-state index contributed by atoms with van der Waals surface area (Å²) in [5.74, 6) is 0.635. The molecule has 5 rings (SSSR count). The fraction of sp³-hybridized carbons (Fsp3) is 0.607. The number of nitrogens with zero attached hydrogens (tertiary/aromatic N) is 2. The third-order valence-corrected chi connectivity index (χ3v) is 8.28. The van der Waals surface area contributed by atoms with Gasteiger partial charge in [-0.05, 0) is 62.1 Å². The second kappa shape index (κ2) is 9.63. The van der Waals surface area contributed by atoms with Gasteiger partial charge < -0.3 is 14.6 Å². The van der Waals surface area contributed by atoms with Gasteiger partial charge in [0.05, 0.1) is 12.0 Å². The maximum Gasteiger partial charge on any atom is 0.224 e. The van der Waals surface area contributed by atoms with E-state index in [1.807, 2.05) is 6.08 Å². The third-order valence-electron chi connectivity index (χ3n) is 8.28. The number of hydrogen-bond donors (Lipinski definition) is 1. The van der Waals surface area contributed by atoms with E-state index in [-0.39, 0.29) is 24.0 Å². The van der Waals surface area contributed by atoms with Crippen LogP contribution in [0.4, 0.5) is 0 Å². The Balaban J connectivity index is 1.41. The fourth-order valence-electron chi connectivity index (χ4n) is 6.78. The summed E-state index contributed by atoms with van der Waals surface area (Å²) in [4.78, 5) is 16.0. The summed E-state index contributed by atoms with van der Waals surface area (Å²) in [6, 6.07) is 7.48. The number of aryl methyl sites for hydroxylation is 1. The lowest BCUT2D eigenvalue weighted by Gasteiger charge is -2.46. The van der Waals surface area contributed by atoms with Gasteiger partial charge in [-0.3, -0.25) is 9.69 Å². The van der Waals surface area contributed by atoms with Gasteiger partial charge in [-0.1, -0.05) is 25.1 Å². The number of aromatic nitrogens is 1. The van der Waals surface area contributed by atoms with E-state index in [0.717, 1.165) is 64.6 Å². The van der Waals surface area contributed by atoms with Crippen LogP contribution in [0.3, 0.4) is 0 Å². The van der Waals surface area contributed by atoms with Crippen LogP contribution in [0.25, 0.3) is 10.9 Å². The molecule has 1 aromatic carbocycles. The molecule has 1 saturated heterocycles. The molecule has 2 heterocycles. The number of hydrogen-bond acceptors (Lipinski definition) is 3. The SMILES string of the molecule is C=CCN1CC(C(=O)NC2CCCC(OC)C2)C[C@@H]2c3cccc4c3c(cn4CCC)C[C@H]21. The van der Waals surface area contributed by atoms with Gasteiger partial charge in [-0.2, -0.15) is 0 Å². The predicted octanol–water partition coefficient (Wildman–Crippen LogP) is 4.64.